The van der Waals surface area contributed by atoms with Gasteiger partial charge >= 0.3 is 0 Å². The van der Waals surface area contributed by atoms with Crippen molar-refractivity contribution in [2.45, 2.75) is 0 Å². The first-order valence-corrected chi connectivity index (χ1v) is 5.14. The largest absolute Gasteiger partial charge is 0.485 e. The summed E-state index contributed by atoms with van der Waals surface area (Å²) in [7, 11) is 0. The van der Waals surface area contributed by atoms with E-state index in [1.54, 1.807) is 6.07 Å². The highest BCUT2D eigenvalue weighted by Gasteiger charge is 2.10. The van der Waals surface area contributed by atoms with E-state index < -0.39 is 5.82 Å². The Morgan fingerprint density at radius 1 is 1.39 bits per heavy atom. The van der Waals surface area contributed by atoms with Gasteiger partial charge in [0, 0.05) is 11.6 Å². The van der Waals surface area contributed by atoms with E-state index in [1.807, 2.05) is 0 Å². The molecule has 5 heteroatoms. The third-order valence-electron chi connectivity index (χ3n) is 2.20. The van der Waals surface area contributed by atoms with Gasteiger partial charge in [-0.1, -0.05) is 0 Å². The molecule has 0 aliphatic heterocycles. The van der Waals surface area contributed by atoms with Crippen LogP contribution in [0.1, 0.15) is 20.9 Å². The molecule has 0 saturated carbocycles. The Kier molecular flexibility index (Phi) is 3.52. The molecule has 2 aromatic rings. The smallest absolute Gasteiger partial charge is 0.235 e. The molecule has 0 N–H and O–H groups in total. The molecule has 0 amide bonds. The van der Waals surface area contributed by atoms with E-state index in [4.69, 9.17) is 9.15 Å². The van der Waals surface area contributed by atoms with Crippen molar-refractivity contribution in [2.75, 3.05) is 6.61 Å². The normalized spacial score (nSPS) is 10.1. The Labute approximate surface area is 102 Å². The van der Waals surface area contributed by atoms with Gasteiger partial charge in [0.15, 0.2) is 12.4 Å². The van der Waals surface area contributed by atoms with E-state index in [0.29, 0.717) is 6.29 Å². The average Bonchev–Trinajstić information content (AvgIpc) is 2.89. The molecule has 0 saturated heterocycles. The van der Waals surface area contributed by atoms with Crippen molar-refractivity contribution in [3.63, 3.8) is 0 Å². The number of ether oxygens (including phenoxy) is 1. The van der Waals surface area contributed by atoms with Gasteiger partial charge in [-0.15, -0.1) is 0 Å². The second kappa shape index (κ2) is 5.27. The Hall–Kier alpha value is -2.43. The number of hydrogen-bond acceptors (Lipinski definition) is 4. The minimum Gasteiger partial charge on any atom is -0.485 e. The predicted octanol–water partition coefficient (Wildman–Crippen LogP) is 2.49. The van der Waals surface area contributed by atoms with Crippen LogP contribution in [0.25, 0.3) is 0 Å². The van der Waals surface area contributed by atoms with Crippen molar-refractivity contribution < 1.29 is 23.1 Å². The zero-order chi connectivity index (χ0) is 13.0. The maximum Gasteiger partial charge on any atom is 0.235 e. The summed E-state index contributed by atoms with van der Waals surface area (Å²) in [6.07, 6.45) is 1.88. The lowest BCUT2D eigenvalue weighted by Gasteiger charge is -2.05. The summed E-state index contributed by atoms with van der Waals surface area (Å²) < 4.78 is 23.1. The predicted molar refractivity (Wildman–Crippen MR) is 60.3 cm³/mol. The third-order valence-corrected chi connectivity index (χ3v) is 2.20. The number of carbonyl (C=O) groups is 2. The molecule has 4 nitrogen and oxygen atoms in total. The molecule has 18 heavy (non-hydrogen) atoms. The second-order valence-electron chi connectivity index (χ2n) is 3.53. The fourth-order valence-electron chi connectivity index (χ4n) is 1.39. The van der Waals surface area contributed by atoms with Crippen LogP contribution in [0.5, 0.6) is 5.75 Å². The summed E-state index contributed by atoms with van der Waals surface area (Å²) in [5, 5.41) is 0. The molecule has 2 rings (SSSR count). The summed E-state index contributed by atoms with van der Waals surface area (Å²) in [5.74, 6) is -0.670. The molecule has 0 fully saturated rings. The molecular formula is C13H9FO4. The fourth-order valence-corrected chi connectivity index (χ4v) is 1.39. The first kappa shape index (κ1) is 12.0. The Balaban J connectivity index is 2.04. The molecule has 0 unspecified atom stereocenters. The Bertz CT molecular complexity index is 560. The number of hydrogen-bond donors (Lipinski definition) is 0. The fraction of sp³-hybridized carbons (Fsp3) is 0.0769. The summed E-state index contributed by atoms with van der Waals surface area (Å²) >= 11 is 0. The monoisotopic (exact) mass is 248 g/mol. The van der Waals surface area contributed by atoms with E-state index in [1.165, 1.54) is 18.4 Å². The van der Waals surface area contributed by atoms with Gasteiger partial charge in [-0.25, -0.2) is 4.39 Å². The van der Waals surface area contributed by atoms with Gasteiger partial charge in [-0.05, 0) is 24.3 Å². The van der Waals surface area contributed by atoms with Gasteiger partial charge in [0.1, 0.15) is 17.9 Å². The van der Waals surface area contributed by atoms with Crippen LogP contribution in [0.3, 0.4) is 0 Å². The molecule has 1 aromatic carbocycles. The molecule has 92 valence electrons. The zero-order valence-corrected chi connectivity index (χ0v) is 9.26. The van der Waals surface area contributed by atoms with E-state index in [-0.39, 0.29) is 29.5 Å². The molecule has 1 heterocycles. The van der Waals surface area contributed by atoms with Crippen LogP contribution in [0.2, 0.25) is 0 Å². The van der Waals surface area contributed by atoms with E-state index in [2.05, 4.69) is 0 Å². The Morgan fingerprint density at radius 3 is 2.89 bits per heavy atom. The molecule has 0 bridgehead atoms. The highest BCUT2D eigenvalue weighted by molar-refractivity contribution is 5.94. The number of rotatable bonds is 5. The maximum absolute atomic E-state index is 13.1. The summed E-state index contributed by atoms with van der Waals surface area (Å²) in [6.45, 7) is -0.282. The van der Waals surface area contributed by atoms with Crippen molar-refractivity contribution in [3.05, 3.63) is 53.7 Å². The van der Waals surface area contributed by atoms with Crippen LogP contribution >= 0.6 is 0 Å². The molecular weight excluding hydrogens is 239 g/mol. The summed E-state index contributed by atoms with van der Waals surface area (Å²) in [6, 6.07) is 6.62. The Morgan fingerprint density at radius 2 is 2.22 bits per heavy atom. The second-order valence-corrected chi connectivity index (χ2v) is 3.53. The number of Topliss-reactive ketones (excluding diaryl/α,β-unsaturated/α-hetero) is 1. The van der Waals surface area contributed by atoms with Crippen LogP contribution in [0.4, 0.5) is 4.39 Å². The van der Waals surface area contributed by atoms with Crippen molar-refractivity contribution in [1.82, 2.24) is 0 Å². The van der Waals surface area contributed by atoms with Crippen LogP contribution in [0.15, 0.2) is 41.0 Å². The number of benzene rings is 1. The van der Waals surface area contributed by atoms with Crippen molar-refractivity contribution in [2.24, 2.45) is 0 Å². The lowest BCUT2D eigenvalue weighted by molar-refractivity contribution is 0.0893. The highest BCUT2D eigenvalue weighted by atomic mass is 19.1. The maximum atomic E-state index is 13.1. The van der Waals surface area contributed by atoms with Crippen molar-refractivity contribution in [1.29, 1.82) is 0 Å². The number of halogens is 1. The number of aldehydes is 1. The van der Waals surface area contributed by atoms with Crippen LogP contribution < -0.4 is 4.74 Å². The minimum absolute atomic E-state index is 0.122. The molecule has 0 spiro atoms. The van der Waals surface area contributed by atoms with Crippen LogP contribution in [-0.2, 0) is 0 Å². The number of ketones is 1. The van der Waals surface area contributed by atoms with Gasteiger partial charge in [0.05, 0.1) is 6.26 Å². The lowest BCUT2D eigenvalue weighted by Crippen LogP contribution is -2.10. The van der Waals surface area contributed by atoms with Crippen molar-refractivity contribution in [3.8, 4) is 5.75 Å². The average molecular weight is 248 g/mol. The molecule has 0 aliphatic rings. The SMILES string of the molecule is O=Cc1cc(F)cc(OCC(=O)c2ccco2)c1. The molecule has 1 aromatic heterocycles. The molecule has 0 aliphatic carbocycles. The lowest BCUT2D eigenvalue weighted by atomic mass is 10.2. The third kappa shape index (κ3) is 2.82. The van der Waals surface area contributed by atoms with E-state index in [0.717, 1.165) is 12.1 Å². The summed E-state index contributed by atoms with van der Waals surface area (Å²) in [4.78, 5) is 22.1. The highest BCUT2D eigenvalue weighted by Crippen LogP contribution is 2.15. The van der Waals surface area contributed by atoms with Crippen molar-refractivity contribution >= 4 is 12.1 Å². The van der Waals surface area contributed by atoms with Gasteiger partial charge in [-0.2, -0.15) is 0 Å². The molecule has 0 radical (unpaired) electrons. The van der Waals surface area contributed by atoms with Gasteiger partial charge < -0.3 is 9.15 Å². The molecule has 0 atom stereocenters. The van der Waals surface area contributed by atoms with Gasteiger partial charge in [-0.3, -0.25) is 9.59 Å². The van der Waals surface area contributed by atoms with Gasteiger partial charge in [0.2, 0.25) is 5.78 Å². The number of furan rings is 1. The quantitative estimate of drug-likeness (QED) is 0.602. The van der Waals surface area contributed by atoms with Gasteiger partial charge in [0.25, 0.3) is 0 Å². The topological polar surface area (TPSA) is 56.5 Å². The van der Waals surface area contributed by atoms with E-state index in [9.17, 15) is 14.0 Å². The number of carbonyl (C=O) groups excluding carboxylic acids is 2. The first-order chi connectivity index (χ1) is 8.69. The van der Waals surface area contributed by atoms with E-state index >= 15 is 0 Å². The standard InChI is InChI=1S/C13H9FO4/c14-10-4-9(7-15)5-11(6-10)18-8-12(16)13-2-1-3-17-13/h1-7H,8H2. The summed E-state index contributed by atoms with van der Waals surface area (Å²) in [5.41, 5.74) is 0.149. The van der Waals surface area contributed by atoms with Crippen LogP contribution in [-0.4, -0.2) is 18.7 Å². The zero-order valence-electron chi connectivity index (χ0n) is 9.26. The van der Waals surface area contributed by atoms with Crippen LogP contribution in [0, 0.1) is 5.82 Å². The first-order valence-electron chi connectivity index (χ1n) is 5.14. The minimum atomic E-state index is -0.597.